The van der Waals surface area contributed by atoms with E-state index in [1.165, 1.54) is 160 Å². The molecule has 1 aromatic rings. The molecule has 0 aromatic heterocycles. The van der Waals surface area contributed by atoms with E-state index in [1.807, 2.05) is 0 Å². The van der Waals surface area contributed by atoms with E-state index in [2.05, 4.69) is 38.2 Å². The Morgan fingerprint density at radius 1 is 0.458 bits per heavy atom. The summed E-state index contributed by atoms with van der Waals surface area (Å²) in [4.78, 5) is 25.3. The average Bonchev–Trinajstić information content (AvgIpc) is 3.21. The van der Waals surface area contributed by atoms with Crippen LogP contribution in [0.25, 0.3) is 0 Å². The predicted octanol–water partition coefficient (Wildman–Crippen LogP) is 12.3. The third-order valence-electron chi connectivity index (χ3n) is 11.0. The Kier molecular flexibility index (Phi) is 40.9. The smallest absolute Gasteiger partial charge is 0.744 e. The van der Waals surface area contributed by atoms with Crippen molar-refractivity contribution in [1.82, 2.24) is 0 Å². The second-order valence-corrected chi connectivity index (χ2v) is 17.8. The monoisotopic (exact) mass is 853 g/mol. The Morgan fingerprint density at radius 2 is 0.746 bits per heavy atom. The van der Waals surface area contributed by atoms with E-state index in [0.717, 1.165) is 63.5 Å². The summed E-state index contributed by atoms with van der Waals surface area (Å²) in [6.45, 7) is 4.88. The molecule has 9 heteroatoms. The molecule has 0 aliphatic heterocycles. The van der Waals surface area contributed by atoms with Gasteiger partial charge in [-0.1, -0.05) is 192 Å². The molecule has 1 rings (SSSR count). The molecule has 0 spiro atoms. The predicted molar refractivity (Wildman–Crippen MR) is 242 cm³/mol. The fourth-order valence-corrected chi connectivity index (χ4v) is 7.77. The summed E-state index contributed by atoms with van der Waals surface area (Å²) in [5.74, 6) is -1.56. The van der Waals surface area contributed by atoms with Crippen LogP contribution in [0.15, 0.2) is 47.4 Å². The zero-order chi connectivity index (χ0) is 42.2. The van der Waals surface area contributed by atoms with Crippen molar-refractivity contribution in [2.24, 2.45) is 0 Å². The zero-order valence-electron chi connectivity index (χ0n) is 38.3. The third kappa shape index (κ3) is 34.8. The number of unbranched alkanes of at least 4 members (excludes halogenated alkanes) is 30. The number of hydrogen-bond acceptors (Lipinski definition) is 7. The van der Waals surface area contributed by atoms with Crippen LogP contribution in [0.4, 0.5) is 0 Å². The van der Waals surface area contributed by atoms with Gasteiger partial charge in [-0.2, -0.15) is 0 Å². The molecule has 0 radical (unpaired) electrons. The molecule has 0 unspecified atom stereocenters. The normalized spacial score (nSPS) is 11.7. The van der Waals surface area contributed by atoms with Gasteiger partial charge < -0.3 is 14.0 Å². The van der Waals surface area contributed by atoms with Gasteiger partial charge in [-0.3, -0.25) is 0 Å². The number of ether oxygens (including phenoxy) is 2. The maximum Gasteiger partial charge on any atom is 1.00 e. The molecular weight excluding hydrogens is 768 g/mol. The number of allylic oxidation sites excluding steroid dienone is 4. The van der Waals surface area contributed by atoms with Crippen molar-refractivity contribution < 1.29 is 61.6 Å². The van der Waals surface area contributed by atoms with Gasteiger partial charge in [-0.15, -0.1) is 0 Å². The minimum absolute atomic E-state index is 0. The van der Waals surface area contributed by atoms with Crippen molar-refractivity contribution in [1.29, 1.82) is 0 Å². The number of benzene rings is 1. The van der Waals surface area contributed by atoms with Gasteiger partial charge in [-0.25, -0.2) is 18.0 Å². The summed E-state index contributed by atoms with van der Waals surface area (Å²) in [6.07, 6.45) is 50.8. The minimum atomic E-state index is -4.82. The Labute approximate surface area is 385 Å². The van der Waals surface area contributed by atoms with Crippen LogP contribution in [0, 0.1) is 0 Å². The Hall–Kier alpha value is -1.45. The summed E-state index contributed by atoms with van der Waals surface area (Å²) >= 11 is 0. The van der Waals surface area contributed by atoms with E-state index in [9.17, 15) is 22.6 Å². The van der Waals surface area contributed by atoms with Crippen LogP contribution >= 0.6 is 0 Å². The van der Waals surface area contributed by atoms with Gasteiger partial charge in [0.05, 0.1) is 29.2 Å². The SMILES string of the molecule is CCCCCCCCCCC/C=C/CCCCCCCCOC(=O)c1ccc(S(=O)(=O)[O-])cc1C(=O)OCCCCCCCC/C=C/CCCCCCCCCCC.[Na+]. The largest absolute Gasteiger partial charge is 1.00 e. The molecule has 334 valence electrons. The van der Waals surface area contributed by atoms with Gasteiger partial charge in [0.1, 0.15) is 10.1 Å². The second-order valence-electron chi connectivity index (χ2n) is 16.4. The van der Waals surface area contributed by atoms with Crippen LogP contribution in [0.3, 0.4) is 0 Å². The summed E-state index contributed by atoms with van der Waals surface area (Å²) in [5, 5.41) is 0. The third-order valence-corrected chi connectivity index (χ3v) is 11.8. The summed E-state index contributed by atoms with van der Waals surface area (Å²) in [7, 11) is -4.82. The fraction of sp³-hybridized carbons (Fsp3) is 0.760. The number of carbonyl (C=O) groups is 2. The van der Waals surface area contributed by atoms with Crippen LogP contribution in [0.1, 0.15) is 253 Å². The maximum absolute atomic E-state index is 13.0. The van der Waals surface area contributed by atoms with Crippen LogP contribution in [-0.4, -0.2) is 38.1 Å². The van der Waals surface area contributed by atoms with Gasteiger partial charge in [0, 0.05) is 0 Å². The standard InChI is InChI=1S/C50H86O7S.Na/c1-3-5-7-9-11-13-15-17-19-21-23-25-27-29-31-33-35-37-39-43-56-49(51)47-42-41-46(58(53,54)55)45-48(47)50(52)57-44-40-38-36-34-32-30-28-26-24-22-20-18-16-14-12-10-8-6-4-2;/h23-26,41-42,45H,3-22,27-40,43-44H2,1-2H3,(H,53,54,55);/q;+1/p-1/b25-23+,26-24+;. The van der Waals surface area contributed by atoms with Gasteiger partial charge in [-0.05, 0) is 82.4 Å². The first-order valence-electron chi connectivity index (χ1n) is 24.0. The Balaban J connectivity index is 0.0000336. The first-order chi connectivity index (χ1) is 28.3. The average molecular weight is 853 g/mol. The number of carbonyl (C=O) groups excluding carboxylic acids is 2. The molecule has 0 amide bonds. The van der Waals surface area contributed by atoms with Crippen molar-refractivity contribution in [3.8, 4) is 0 Å². The van der Waals surface area contributed by atoms with E-state index < -0.39 is 27.0 Å². The van der Waals surface area contributed by atoms with Gasteiger partial charge in [0.25, 0.3) is 0 Å². The molecule has 0 saturated carbocycles. The topological polar surface area (TPSA) is 110 Å². The second kappa shape index (κ2) is 41.9. The Bertz CT molecular complexity index is 1310. The molecular formula is C50H85NaO7S. The molecule has 59 heavy (non-hydrogen) atoms. The summed E-state index contributed by atoms with van der Waals surface area (Å²) < 4.78 is 45.9. The van der Waals surface area contributed by atoms with E-state index in [1.54, 1.807) is 0 Å². The van der Waals surface area contributed by atoms with Crippen molar-refractivity contribution in [3.05, 3.63) is 53.6 Å². The van der Waals surface area contributed by atoms with Gasteiger partial charge in [0.15, 0.2) is 0 Å². The molecule has 7 nitrogen and oxygen atoms in total. The van der Waals surface area contributed by atoms with Crippen LogP contribution in [0.2, 0.25) is 0 Å². The number of esters is 2. The van der Waals surface area contributed by atoms with Crippen molar-refractivity contribution in [2.75, 3.05) is 13.2 Å². The number of hydrogen-bond donors (Lipinski definition) is 0. The molecule has 0 saturated heterocycles. The van der Waals surface area contributed by atoms with Gasteiger partial charge >= 0.3 is 41.5 Å². The van der Waals surface area contributed by atoms with Crippen LogP contribution < -0.4 is 29.6 Å². The van der Waals surface area contributed by atoms with Gasteiger partial charge in [0.2, 0.25) is 0 Å². The first-order valence-corrected chi connectivity index (χ1v) is 25.5. The summed E-state index contributed by atoms with van der Waals surface area (Å²) in [6, 6.07) is 3.13. The van der Waals surface area contributed by atoms with Crippen molar-refractivity contribution in [2.45, 2.75) is 237 Å². The molecule has 0 fully saturated rings. The molecule has 0 heterocycles. The molecule has 0 aliphatic carbocycles. The van der Waals surface area contributed by atoms with E-state index in [4.69, 9.17) is 9.47 Å². The van der Waals surface area contributed by atoms with Crippen molar-refractivity contribution >= 4 is 22.1 Å². The number of rotatable bonds is 41. The summed E-state index contributed by atoms with van der Waals surface area (Å²) in [5.41, 5.74) is -0.347. The fourth-order valence-electron chi connectivity index (χ4n) is 7.27. The molecule has 1 aromatic carbocycles. The molecule has 0 N–H and O–H groups in total. The van der Waals surface area contributed by atoms with Crippen LogP contribution in [0.5, 0.6) is 0 Å². The first kappa shape index (κ1) is 57.5. The van der Waals surface area contributed by atoms with Crippen molar-refractivity contribution in [3.63, 3.8) is 0 Å². The molecule has 0 aliphatic rings. The molecule has 0 bridgehead atoms. The minimum Gasteiger partial charge on any atom is -0.744 e. The Morgan fingerprint density at radius 3 is 1.07 bits per heavy atom. The molecule has 0 atom stereocenters. The quantitative estimate of drug-likeness (QED) is 0.0212. The van der Waals surface area contributed by atoms with E-state index in [0.29, 0.717) is 12.8 Å². The van der Waals surface area contributed by atoms with Crippen LogP contribution in [-0.2, 0) is 19.6 Å². The zero-order valence-corrected chi connectivity index (χ0v) is 41.1. The maximum atomic E-state index is 13.0. The van der Waals surface area contributed by atoms with E-state index >= 15 is 0 Å². The van der Waals surface area contributed by atoms with E-state index in [-0.39, 0.29) is 53.9 Å².